The summed E-state index contributed by atoms with van der Waals surface area (Å²) in [6.45, 7) is 10.1. The Bertz CT molecular complexity index is 1360. The summed E-state index contributed by atoms with van der Waals surface area (Å²) in [5, 5.41) is 2.60. The number of carbonyl (C=O) groups excluding carboxylic acids is 3. The predicted octanol–water partition coefficient (Wildman–Crippen LogP) is 8.19. The van der Waals surface area contributed by atoms with Crippen LogP contribution in [0.25, 0.3) is 11.1 Å². The molecule has 1 unspecified atom stereocenters. The van der Waals surface area contributed by atoms with Crippen molar-refractivity contribution in [3.63, 3.8) is 0 Å². The van der Waals surface area contributed by atoms with Gasteiger partial charge in [0.25, 0.3) is 5.91 Å². The number of amides is 2. The minimum absolute atomic E-state index is 0.0947. The first-order valence-electron chi connectivity index (χ1n) is 14.6. The van der Waals surface area contributed by atoms with Gasteiger partial charge in [0.15, 0.2) is 5.78 Å². The average Bonchev–Trinajstić information content (AvgIpc) is 3.89. The van der Waals surface area contributed by atoms with Crippen molar-refractivity contribution in [1.29, 1.82) is 0 Å². The Morgan fingerprint density at radius 3 is 2.02 bits per heavy atom. The minimum Gasteiger partial charge on any atom is -0.355 e. The lowest BCUT2D eigenvalue weighted by molar-refractivity contribution is -0.122. The van der Waals surface area contributed by atoms with E-state index in [0.717, 1.165) is 52.9 Å². The van der Waals surface area contributed by atoms with Crippen LogP contribution in [0.3, 0.4) is 0 Å². The average molecular weight is 542 g/mol. The topological polar surface area (TPSA) is 63.2 Å². The van der Waals surface area contributed by atoms with Gasteiger partial charge in [-0.2, -0.15) is 4.48 Å². The highest BCUT2D eigenvalue weighted by atomic mass is 16.2. The van der Waals surface area contributed by atoms with E-state index < -0.39 is 0 Å². The smallest absolute Gasteiger partial charge is 0.320 e. The summed E-state index contributed by atoms with van der Waals surface area (Å²) in [7, 11) is 3.52. The fourth-order valence-electron chi connectivity index (χ4n) is 4.75. The first-order chi connectivity index (χ1) is 19.1. The number of quaternary nitrogens is 1. The summed E-state index contributed by atoms with van der Waals surface area (Å²) in [5.41, 5.74) is 8.31. The highest BCUT2D eigenvalue weighted by molar-refractivity contribution is 6.09. The molecule has 5 heteroatoms. The molecule has 1 atom stereocenters. The fourth-order valence-corrected chi connectivity index (χ4v) is 4.75. The molecule has 1 fully saturated rings. The van der Waals surface area contributed by atoms with Gasteiger partial charge in [-0.15, -0.1) is 0 Å². The molecule has 2 amide bonds. The zero-order valence-corrected chi connectivity index (χ0v) is 25.3. The zero-order chi connectivity index (χ0) is 29.4. The minimum atomic E-state index is -0.0947. The monoisotopic (exact) mass is 541 g/mol. The number of Topliss-reactive ketones (excluding diaryl/α,β-unsaturated/α-hetero) is 1. The zero-order valence-electron chi connectivity index (χ0n) is 25.3. The van der Waals surface area contributed by atoms with Crippen molar-refractivity contribution >= 4 is 29.0 Å². The second kappa shape index (κ2) is 13.7. The number of hydrogen-bond donors (Lipinski definition) is 1. The van der Waals surface area contributed by atoms with E-state index in [1.54, 1.807) is 26.1 Å². The quantitative estimate of drug-likeness (QED) is 0.186. The van der Waals surface area contributed by atoms with Crippen LogP contribution in [0.2, 0.25) is 0 Å². The first kappa shape index (κ1) is 31.0. The molecular weight excluding hydrogens is 496 g/mol. The van der Waals surface area contributed by atoms with Gasteiger partial charge < -0.3 is 5.32 Å². The number of nitrogens with zero attached hydrogens (tertiary/aromatic N) is 1. The molecule has 3 aromatic rings. The number of unbranched alkanes of at least 4 members (excludes halogenated alkanes) is 1. The summed E-state index contributed by atoms with van der Waals surface area (Å²) in [4.78, 5) is 35.2. The van der Waals surface area contributed by atoms with Gasteiger partial charge in [0.05, 0.1) is 14.0 Å². The third kappa shape index (κ3) is 7.14. The lowest BCUT2D eigenvalue weighted by Crippen LogP contribution is -2.30. The lowest BCUT2D eigenvalue weighted by Gasteiger charge is -2.07. The van der Waals surface area contributed by atoms with E-state index in [9.17, 15) is 14.4 Å². The lowest BCUT2D eigenvalue weighted by atomic mass is 9.97. The number of rotatable bonds is 7. The van der Waals surface area contributed by atoms with E-state index in [1.165, 1.54) is 24.8 Å². The Balaban J connectivity index is 0.000000207. The molecule has 0 spiro atoms. The molecule has 1 heterocycles. The maximum absolute atomic E-state index is 12.0. The van der Waals surface area contributed by atoms with Crippen LogP contribution < -0.4 is 9.80 Å². The number of hydrogen-bond acceptors (Lipinski definition) is 3. The van der Waals surface area contributed by atoms with Crippen LogP contribution in [0.5, 0.6) is 0 Å². The molecule has 3 aromatic carbocycles. The van der Waals surface area contributed by atoms with E-state index in [-0.39, 0.29) is 11.8 Å². The van der Waals surface area contributed by atoms with Crippen LogP contribution in [0, 0.1) is 12.8 Å². The highest BCUT2D eigenvalue weighted by Crippen LogP contribution is 2.56. The number of benzene rings is 3. The second-order valence-corrected chi connectivity index (χ2v) is 11.0. The van der Waals surface area contributed by atoms with E-state index in [4.69, 9.17) is 0 Å². The molecule has 40 heavy (non-hydrogen) atoms. The molecule has 212 valence electrons. The van der Waals surface area contributed by atoms with Crippen LogP contribution >= 0.6 is 0 Å². The van der Waals surface area contributed by atoms with E-state index in [0.29, 0.717) is 21.7 Å². The van der Waals surface area contributed by atoms with Crippen molar-refractivity contribution in [2.24, 2.45) is 5.92 Å². The van der Waals surface area contributed by atoms with Gasteiger partial charge in [-0.25, -0.2) is 4.79 Å². The van der Waals surface area contributed by atoms with Crippen LogP contribution in [-0.4, -0.2) is 31.7 Å². The van der Waals surface area contributed by atoms with Gasteiger partial charge in [0.1, 0.15) is 0 Å². The molecule has 1 N–H and O–H groups in total. The second-order valence-electron chi connectivity index (χ2n) is 11.0. The molecule has 1 aliphatic heterocycles. The summed E-state index contributed by atoms with van der Waals surface area (Å²) in [5.74, 6) is 0.722. The Kier molecular flexibility index (Phi) is 10.6. The van der Waals surface area contributed by atoms with Crippen LogP contribution in [0.1, 0.15) is 91.6 Å². The van der Waals surface area contributed by atoms with Crippen LogP contribution in [0.15, 0.2) is 60.7 Å². The molecule has 2 aliphatic rings. The third-order valence-electron chi connectivity index (χ3n) is 7.55. The maximum atomic E-state index is 12.0. The largest absolute Gasteiger partial charge is 0.355 e. The van der Waals surface area contributed by atoms with Gasteiger partial charge in [-0.05, 0) is 73.1 Å². The van der Waals surface area contributed by atoms with Gasteiger partial charge in [-0.3, -0.25) is 9.59 Å². The maximum Gasteiger partial charge on any atom is 0.320 e. The Labute approximate surface area is 240 Å². The predicted molar refractivity (Wildman–Crippen MR) is 166 cm³/mol. The van der Waals surface area contributed by atoms with Crippen molar-refractivity contribution in [1.82, 2.24) is 9.80 Å². The summed E-state index contributed by atoms with van der Waals surface area (Å²) >= 11 is 0. The van der Waals surface area contributed by atoms with Crippen LogP contribution in [-0.2, 0) is 11.2 Å². The highest BCUT2D eigenvalue weighted by Gasteiger charge is 2.53. The summed E-state index contributed by atoms with van der Waals surface area (Å²) in [6.07, 6.45) is 7.03. The number of fused-ring (bicyclic) bond motifs is 1. The van der Waals surface area contributed by atoms with Gasteiger partial charge in [0, 0.05) is 36.2 Å². The first-order valence-corrected chi connectivity index (χ1v) is 14.6. The molecule has 5 nitrogen and oxygen atoms in total. The molecule has 0 saturated heterocycles. The van der Waals surface area contributed by atoms with Crippen molar-refractivity contribution in [2.45, 2.75) is 73.1 Å². The molecule has 1 aliphatic carbocycles. The molecule has 0 radical (unpaired) electrons. The van der Waals surface area contributed by atoms with Gasteiger partial charge in [-0.1, -0.05) is 63.9 Å². The number of carbonyl (C=O) groups is 3. The SMILES string of the molecule is CCC.CCCCc1ccc(C(=O)C2CC2)c(C)c1.CNC(=O)c1ccc(-c2ccc3c(c2)[N+]3(C)C(C)=O)cc1. The number of aryl methyl sites for hydroxylation is 2. The molecule has 5 rings (SSSR count). The van der Waals surface area contributed by atoms with Crippen molar-refractivity contribution in [3.05, 3.63) is 82.9 Å². The van der Waals surface area contributed by atoms with Crippen molar-refractivity contribution in [2.75, 3.05) is 14.1 Å². The molecule has 0 aromatic heterocycles. The van der Waals surface area contributed by atoms with E-state index in [2.05, 4.69) is 45.1 Å². The summed E-state index contributed by atoms with van der Waals surface area (Å²) < 4.78 is 0.302. The Morgan fingerprint density at radius 2 is 1.50 bits per heavy atom. The van der Waals surface area contributed by atoms with Crippen LogP contribution in [0.4, 0.5) is 11.4 Å². The van der Waals surface area contributed by atoms with Gasteiger partial charge in [0.2, 0.25) is 11.4 Å². The number of nitrogens with one attached hydrogen (secondary N) is 1. The molecule has 0 bridgehead atoms. The van der Waals surface area contributed by atoms with E-state index in [1.807, 2.05) is 43.4 Å². The molecule has 1 saturated carbocycles. The van der Waals surface area contributed by atoms with Crippen molar-refractivity contribution < 1.29 is 14.4 Å². The Morgan fingerprint density at radius 1 is 0.875 bits per heavy atom. The van der Waals surface area contributed by atoms with E-state index >= 15 is 0 Å². The molecular formula is C35H45N2O3+. The normalized spacial score (nSPS) is 16.4. The van der Waals surface area contributed by atoms with Gasteiger partial charge >= 0.3 is 5.91 Å². The summed E-state index contributed by atoms with van der Waals surface area (Å²) in [6, 6.07) is 19.9. The standard InChI is InChI=1S/C17H16N2O2.C15H20O.C3H8/c1-11(20)19(3)15-9-8-14(10-16(15)19)12-4-6-13(7-5-12)17(21)18-2;1-3-4-5-12-6-9-14(11(2)10-12)15(16)13-7-8-13;1-3-2/h4-10H,1-3H3;6,9-10,13H,3-5,7-8H2,1-2H3;3H2,1-2H3/p+1. The third-order valence-corrected chi connectivity index (χ3v) is 7.55. The van der Waals surface area contributed by atoms with Crippen molar-refractivity contribution in [3.8, 4) is 11.1 Å². The Hall–Kier alpha value is -3.57. The number of ketones is 1. The fraction of sp³-hybridized carbons (Fsp3) is 0.400.